The Morgan fingerprint density at radius 1 is 1.26 bits per heavy atom. The third-order valence-corrected chi connectivity index (χ3v) is 3.33. The highest BCUT2D eigenvalue weighted by Gasteiger charge is 2.25. The van der Waals surface area contributed by atoms with E-state index in [1.165, 1.54) is 0 Å². The Balaban J connectivity index is 1.90. The lowest BCUT2D eigenvalue weighted by molar-refractivity contribution is 0.0971. The molecule has 0 amide bonds. The van der Waals surface area contributed by atoms with E-state index in [0.717, 1.165) is 11.3 Å². The van der Waals surface area contributed by atoms with Gasteiger partial charge in [-0.3, -0.25) is 4.79 Å². The molecule has 1 aliphatic heterocycles. The van der Waals surface area contributed by atoms with Gasteiger partial charge in [-0.2, -0.15) is 0 Å². The van der Waals surface area contributed by atoms with Crippen LogP contribution in [0.15, 0.2) is 42.6 Å². The van der Waals surface area contributed by atoms with Crippen LogP contribution in [0.2, 0.25) is 0 Å². The second-order valence-electron chi connectivity index (χ2n) is 4.50. The van der Waals surface area contributed by atoms with Crippen LogP contribution in [0.5, 0.6) is 5.75 Å². The van der Waals surface area contributed by atoms with Gasteiger partial charge in [0.05, 0.1) is 18.7 Å². The average molecular weight is 254 g/mol. The van der Waals surface area contributed by atoms with Crippen LogP contribution in [0.4, 0.5) is 5.82 Å². The van der Waals surface area contributed by atoms with Crippen LogP contribution < -0.4 is 10.1 Å². The van der Waals surface area contributed by atoms with Crippen molar-refractivity contribution in [3.8, 4) is 5.75 Å². The van der Waals surface area contributed by atoms with E-state index in [-0.39, 0.29) is 11.8 Å². The summed E-state index contributed by atoms with van der Waals surface area (Å²) in [5.74, 6) is 1.60. The Morgan fingerprint density at radius 3 is 2.79 bits per heavy atom. The molecule has 1 aromatic heterocycles. The van der Waals surface area contributed by atoms with Crippen molar-refractivity contribution in [3.05, 3.63) is 53.7 Å². The number of ketones is 1. The summed E-state index contributed by atoms with van der Waals surface area (Å²) in [6.07, 6.45) is 2.14. The molecule has 2 heterocycles. The molecule has 0 radical (unpaired) electrons. The van der Waals surface area contributed by atoms with Crippen LogP contribution in [0.25, 0.3) is 0 Å². The Bertz CT molecular complexity index is 608. The molecule has 1 N–H and O–H groups in total. The van der Waals surface area contributed by atoms with Crippen molar-refractivity contribution in [3.63, 3.8) is 0 Å². The second kappa shape index (κ2) is 4.72. The smallest absolute Gasteiger partial charge is 0.168 e. The standard InChI is InChI=1S/C15H14N2O2/c1-19-11-6-4-10(5-7-11)13-9-14(18)12-3-2-8-16-15(12)17-13/h2-8,13H,9H2,1H3,(H,16,17). The Labute approximate surface area is 111 Å². The number of fused-ring (bicyclic) bond motifs is 1. The molecule has 0 fully saturated rings. The van der Waals surface area contributed by atoms with Crippen molar-refractivity contribution in [2.24, 2.45) is 0 Å². The third-order valence-electron chi connectivity index (χ3n) is 3.33. The first-order chi connectivity index (χ1) is 9.28. The Kier molecular flexibility index (Phi) is 2.91. The first-order valence-corrected chi connectivity index (χ1v) is 6.16. The minimum absolute atomic E-state index is 0.0270. The number of carbonyl (C=O) groups is 1. The molecule has 1 aliphatic rings. The maximum absolute atomic E-state index is 12.1. The SMILES string of the molecule is COc1ccc(C2CC(=O)c3cccnc3N2)cc1. The van der Waals surface area contributed by atoms with Crippen molar-refractivity contribution in [2.45, 2.75) is 12.5 Å². The van der Waals surface area contributed by atoms with Gasteiger partial charge in [0.15, 0.2) is 5.78 Å². The molecule has 0 aliphatic carbocycles. The number of nitrogens with one attached hydrogen (secondary N) is 1. The summed E-state index contributed by atoms with van der Waals surface area (Å²) in [5, 5.41) is 3.31. The van der Waals surface area contributed by atoms with Gasteiger partial charge in [0.25, 0.3) is 0 Å². The molecule has 2 aromatic rings. The molecule has 4 heteroatoms. The summed E-state index contributed by atoms with van der Waals surface area (Å²) >= 11 is 0. The Hall–Kier alpha value is -2.36. The number of carbonyl (C=O) groups excluding carboxylic acids is 1. The van der Waals surface area contributed by atoms with Crippen molar-refractivity contribution in [1.82, 2.24) is 4.98 Å². The normalized spacial score (nSPS) is 17.5. The predicted octanol–water partition coefficient (Wildman–Crippen LogP) is 2.83. The van der Waals surface area contributed by atoms with E-state index in [1.807, 2.05) is 30.3 Å². The summed E-state index contributed by atoms with van der Waals surface area (Å²) in [6.45, 7) is 0. The van der Waals surface area contributed by atoms with E-state index in [0.29, 0.717) is 17.8 Å². The van der Waals surface area contributed by atoms with Gasteiger partial charge < -0.3 is 10.1 Å². The fourth-order valence-electron chi connectivity index (χ4n) is 2.29. The number of ether oxygens (including phenoxy) is 1. The lowest BCUT2D eigenvalue weighted by Crippen LogP contribution is -2.23. The van der Waals surface area contributed by atoms with Crippen LogP contribution in [-0.2, 0) is 0 Å². The molecule has 0 bridgehead atoms. The number of rotatable bonds is 2. The highest BCUT2D eigenvalue weighted by Crippen LogP contribution is 2.31. The molecule has 1 unspecified atom stereocenters. The molecule has 3 rings (SSSR count). The predicted molar refractivity (Wildman–Crippen MR) is 72.5 cm³/mol. The first kappa shape index (κ1) is 11.7. The van der Waals surface area contributed by atoms with Gasteiger partial charge in [-0.25, -0.2) is 4.98 Å². The second-order valence-corrected chi connectivity index (χ2v) is 4.50. The zero-order chi connectivity index (χ0) is 13.2. The van der Waals surface area contributed by atoms with Crippen LogP contribution in [0, 0.1) is 0 Å². The number of Topliss-reactive ketones (excluding diaryl/α,β-unsaturated/α-hetero) is 1. The number of benzene rings is 1. The maximum atomic E-state index is 12.1. The molecule has 0 saturated heterocycles. The Morgan fingerprint density at radius 2 is 2.05 bits per heavy atom. The lowest BCUT2D eigenvalue weighted by atomic mass is 9.94. The van der Waals surface area contributed by atoms with Crippen molar-refractivity contribution in [1.29, 1.82) is 0 Å². The summed E-state index contributed by atoms with van der Waals surface area (Å²) in [7, 11) is 1.64. The number of methoxy groups -OCH3 is 1. The van der Waals surface area contributed by atoms with Crippen LogP contribution in [-0.4, -0.2) is 17.9 Å². The van der Waals surface area contributed by atoms with Crippen molar-refractivity contribution in [2.75, 3.05) is 12.4 Å². The van der Waals surface area contributed by atoms with E-state index in [9.17, 15) is 4.79 Å². The van der Waals surface area contributed by atoms with Crippen molar-refractivity contribution < 1.29 is 9.53 Å². The summed E-state index contributed by atoms with van der Waals surface area (Å²) < 4.78 is 5.13. The van der Waals surface area contributed by atoms with Crippen molar-refractivity contribution >= 4 is 11.6 Å². The molecule has 0 spiro atoms. The monoisotopic (exact) mass is 254 g/mol. The fourth-order valence-corrected chi connectivity index (χ4v) is 2.29. The highest BCUT2D eigenvalue weighted by atomic mass is 16.5. The maximum Gasteiger partial charge on any atom is 0.168 e. The summed E-state index contributed by atoms with van der Waals surface area (Å²) in [6, 6.07) is 11.3. The number of aromatic nitrogens is 1. The van der Waals surface area contributed by atoms with Gasteiger partial charge in [-0.05, 0) is 29.8 Å². The molecule has 0 saturated carbocycles. The third kappa shape index (κ3) is 2.17. The molecule has 1 aromatic carbocycles. The van der Waals surface area contributed by atoms with Gasteiger partial charge in [0, 0.05) is 12.6 Å². The zero-order valence-corrected chi connectivity index (χ0v) is 10.6. The van der Waals surface area contributed by atoms with Gasteiger partial charge in [0.2, 0.25) is 0 Å². The lowest BCUT2D eigenvalue weighted by Gasteiger charge is -2.25. The number of hydrogen-bond donors (Lipinski definition) is 1. The first-order valence-electron chi connectivity index (χ1n) is 6.16. The van der Waals surface area contributed by atoms with E-state index in [2.05, 4.69) is 10.3 Å². The number of hydrogen-bond acceptors (Lipinski definition) is 4. The molecule has 19 heavy (non-hydrogen) atoms. The van der Waals surface area contributed by atoms with Gasteiger partial charge >= 0.3 is 0 Å². The van der Waals surface area contributed by atoms with Crippen LogP contribution in [0.3, 0.4) is 0 Å². The van der Waals surface area contributed by atoms with E-state index >= 15 is 0 Å². The van der Waals surface area contributed by atoms with E-state index < -0.39 is 0 Å². The summed E-state index contributed by atoms with van der Waals surface area (Å²) in [4.78, 5) is 16.3. The molecular weight excluding hydrogens is 240 g/mol. The molecule has 96 valence electrons. The minimum atomic E-state index is -0.0270. The zero-order valence-electron chi connectivity index (χ0n) is 10.6. The van der Waals surface area contributed by atoms with Gasteiger partial charge in [-0.15, -0.1) is 0 Å². The fraction of sp³-hybridized carbons (Fsp3) is 0.200. The van der Waals surface area contributed by atoms with Crippen LogP contribution >= 0.6 is 0 Å². The van der Waals surface area contributed by atoms with E-state index in [4.69, 9.17) is 4.74 Å². The molecule has 4 nitrogen and oxygen atoms in total. The largest absolute Gasteiger partial charge is 0.497 e. The topological polar surface area (TPSA) is 51.2 Å². The molecular formula is C15H14N2O2. The van der Waals surface area contributed by atoms with Gasteiger partial charge in [-0.1, -0.05) is 12.1 Å². The molecule has 1 atom stereocenters. The minimum Gasteiger partial charge on any atom is -0.497 e. The quantitative estimate of drug-likeness (QED) is 0.895. The van der Waals surface area contributed by atoms with E-state index in [1.54, 1.807) is 19.4 Å². The van der Waals surface area contributed by atoms with Gasteiger partial charge in [0.1, 0.15) is 11.6 Å². The van der Waals surface area contributed by atoms with Crippen LogP contribution in [0.1, 0.15) is 28.4 Å². The highest BCUT2D eigenvalue weighted by molar-refractivity contribution is 6.02. The number of nitrogens with zero attached hydrogens (tertiary/aromatic N) is 1. The number of pyridine rings is 1. The average Bonchev–Trinajstić information content (AvgIpc) is 2.47. The number of anilines is 1. The summed E-state index contributed by atoms with van der Waals surface area (Å²) in [5.41, 5.74) is 1.73.